The monoisotopic (exact) mass is 442 g/mol. The maximum atomic E-state index is 12.9. The summed E-state index contributed by atoms with van der Waals surface area (Å²) < 4.78 is 61.6. The molecule has 0 bridgehead atoms. The molecular formula is C20H24F2N2O5S. The van der Waals surface area contributed by atoms with Crippen LogP contribution in [0.15, 0.2) is 41.3 Å². The van der Waals surface area contributed by atoms with Crippen molar-refractivity contribution in [1.82, 2.24) is 9.62 Å². The van der Waals surface area contributed by atoms with E-state index < -0.39 is 22.5 Å². The van der Waals surface area contributed by atoms with E-state index >= 15 is 0 Å². The quantitative estimate of drug-likeness (QED) is 0.645. The molecule has 0 aliphatic heterocycles. The number of ether oxygens (including phenoxy) is 2. The SMILES string of the molecule is CCNS(=O)(=O)c1ccc(C)c(C(=O)N(C)Cc2ccc(OC)c(OC(F)F)c2)c1. The van der Waals surface area contributed by atoms with E-state index in [9.17, 15) is 22.0 Å². The second kappa shape index (κ2) is 9.86. The first-order chi connectivity index (χ1) is 14.1. The van der Waals surface area contributed by atoms with Gasteiger partial charge in [-0.2, -0.15) is 8.78 Å². The van der Waals surface area contributed by atoms with Crippen LogP contribution in [0.25, 0.3) is 0 Å². The zero-order chi connectivity index (χ0) is 22.5. The van der Waals surface area contributed by atoms with Crippen LogP contribution < -0.4 is 14.2 Å². The number of hydrogen-bond donors (Lipinski definition) is 1. The molecule has 10 heteroatoms. The smallest absolute Gasteiger partial charge is 0.387 e. The van der Waals surface area contributed by atoms with Crippen LogP contribution >= 0.6 is 0 Å². The number of carbonyl (C=O) groups is 1. The van der Waals surface area contributed by atoms with Crippen LogP contribution in [0.1, 0.15) is 28.4 Å². The molecule has 164 valence electrons. The number of sulfonamides is 1. The summed E-state index contributed by atoms with van der Waals surface area (Å²) in [6.45, 7) is 0.656. The van der Waals surface area contributed by atoms with E-state index in [2.05, 4.69) is 9.46 Å². The van der Waals surface area contributed by atoms with Gasteiger partial charge in [0.25, 0.3) is 5.91 Å². The summed E-state index contributed by atoms with van der Waals surface area (Å²) in [5.41, 5.74) is 1.38. The zero-order valence-electron chi connectivity index (χ0n) is 17.1. The first-order valence-electron chi connectivity index (χ1n) is 9.06. The average molecular weight is 442 g/mol. The van der Waals surface area contributed by atoms with Gasteiger partial charge >= 0.3 is 6.61 Å². The minimum absolute atomic E-state index is 0.0104. The molecule has 0 saturated carbocycles. The Balaban J connectivity index is 2.28. The van der Waals surface area contributed by atoms with Gasteiger partial charge in [-0.25, -0.2) is 13.1 Å². The summed E-state index contributed by atoms with van der Waals surface area (Å²) in [5.74, 6) is -0.404. The third-order valence-corrected chi connectivity index (χ3v) is 5.84. The predicted octanol–water partition coefficient (Wildman–Crippen LogP) is 3.18. The highest BCUT2D eigenvalue weighted by Gasteiger charge is 2.20. The molecule has 2 aromatic carbocycles. The Bertz CT molecular complexity index is 1010. The number of rotatable bonds is 9. The summed E-state index contributed by atoms with van der Waals surface area (Å²) in [4.78, 5) is 14.3. The molecule has 30 heavy (non-hydrogen) atoms. The number of halogens is 2. The van der Waals surface area contributed by atoms with Crippen molar-refractivity contribution in [2.75, 3.05) is 20.7 Å². The molecule has 0 heterocycles. The maximum Gasteiger partial charge on any atom is 0.387 e. The lowest BCUT2D eigenvalue weighted by Gasteiger charge is -2.20. The molecule has 2 rings (SSSR count). The van der Waals surface area contributed by atoms with Gasteiger partial charge in [-0.3, -0.25) is 4.79 Å². The maximum absolute atomic E-state index is 12.9. The number of aryl methyl sites for hydroxylation is 1. The predicted molar refractivity (Wildman–Crippen MR) is 107 cm³/mol. The summed E-state index contributed by atoms with van der Waals surface area (Å²) in [6.07, 6.45) is 0. The molecule has 7 nitrogen and oxygen atoms in total. The van der Waals surface area contributed by atoms with Crippen molar-refractivity contribution in [2.45, 2.75) is 31.9 Å². The van der Waals surface area contributed by atoms with E-state index in [0.29, 0.717) is 11.1 Å². The second-order valence-corrected chi connectivity index (χ2v) is 8.27. The highest BCUT2D eigenvalue weighted by molar-refractivity contribution is 7.89. The Labute approximate surface area is 174 Å². The lowest BCUT2D eigenvalue weighted by Crippen LogP contribution is -2.28. The van der Waals surface area contributed by atoms with E-state index in [1.807, 2.05) is 0 Å². The minimum Gasteiger partial charge on any atom is -0.493 e. The van der Waals surface area contributed by atoms with Gasteiger partial charge in [-0.1, -0.05) is 19.1 Å². The minimum atomic E-state index is -3.71. The van der Waals surface area contributed by atoms with Gasteiger partial charge < -0.3 is 14.4 Å². The molecule has 0 radical (unpaired) electrons. The molecule has 0 aliphatic carbocycles. The van der Waals surface area contributed by atoms with Gasteiger partial charge in [0.15, 0.2) is 11.5 Å². The first-order valence-corrected chi connectivity index (χ1v) is 10.5. The fourth-order valence-electron chi connectivity index (χ4n) is 2.83. The van der Waals surface area contributed by atoms with Crippen molar-refractivity contribution < 1.29 is 31.5 Å². The van der Waals surface area contributed by atoms with E-state index in [1.54, 1.807) is 26.0 Å². The molecule has 1 amide bonds. The molecule has 0 aliphatic rings. The number of nitrogens with one attached hydrogen (secondary N) is 1. The topological polar surface area (TPSA) is 84.9 Å². The Morgan fingerprint density at radius 1 is 1.17 bits per heavy atom. The van der Waals surface area contributed by atoms with Gasteiger partial charge in [-0.05, 0) is 42.3 Å². The van der Waals surface area contributed by atoms with Crippen molar-refractivity contribution in [2.24, 2.45) is 0 Å². The van der Waals surface area contributed by atoms with Crippen LogP contribution in [0.2, 0.25) is 0 Å². The molecule has 2 aromatic rings. The molecule has 0 saturated heterocycles. The molecule has 0 aromatic heterocycles. The van der Waals surface area contributed by atoms with E-state index in [4.69, 9.17) is 4.74 Å². The standard InChI is InChI=1S/C20H24F2N2O5S/c1-5-23-30(26,27)15-8-6-13(2)16(11-15)19(25)24(3)12-14-7-9-17(28-4)18(10-14)29-20(21)22/h6-11,20,23H,5,12H2,1-4H3. The van der Waals surface area contributed by atoms with E-state index in [-0.39, 0.29) is 35.0 Å². The molecule has 0 unspecified atom stereocenters. The Morgan fingerprint density at radius 3 is 2.47 bits per heavy atom. The number of carbonyl (C=O) groups excluding carboxylic acids is 1. The Morgan fingerprint density at radius 2 is 1.87 bits per heavy atom. The van der Waals surface area contributed by atoms with Crippen LogP contribution in [0.5, 0.6) is 11.5 Å². The third kappa shape index (κ3) is 5.67. The number of nitrogens with zero attached hydrogens (tertiary/aromatic N) is 1. The lowest BCUT2D eigenvalue weighted by atomic mass is 10.1. The van der Waals surface area contributed by atoms with Crippen LogP contribution in [-0.4, -0.2) is 46.5 Å². The number of methoxy groups -OCH3 is 1. The van der Waals surface area contributed by atoms with Crippen LogP contribution in [-0.2, 0) is 16.6 Å². The number of alkyl halides is 2. The Hall–Kier alpha value is -2.72. The van der Waals surface area contributed by atoms with Crippen LogP contribution in [0, 0.1) is 6.92 Å². The van der Waals surface area contributed by atoms with E-state index in [0.717, 1.165) is 0 Å². The third-order valence-electron chi connectivity index (χ3n) is 4.29. The highest BCUT2D eigenvalue weighted by atomic mass is 32.2. The fourth-order valence-corrected chi connectivity index (χ4v) is 3.90. The van der Waals surface area contributed by atoms with Gasteiger partial charge in [-0.15, -0.1) is 0 Å². The van der Waals surface area contributed by atoms with Crippen molar-refractivity contribution >= 4 is 15.9 Å². The Kier molecular flexibility index (Phi) is 7.74. The van der Waals surface area contributed by atoms with Crippen molar-refractivity contribution in [3.8, 4) is 11.5 Å². The van der Waals surface area contributed by atoms with Crippen LogP contribution in [0.3, 0.4) is 0 Å². The van der Waals surface area contributed by atoms with Gasteiger partial charge in [0.1, 0.15) is 0 Å². The highest BCUT2D eigenvalue weighted by Crippen LogP contribution is 2.30. The van der Waals surface area contributed by atoms with Crippen molar-refractivity contribution in [1.29, 1.82) is 0 Å². The van der Waals surface area contributed by atoms with Gasteiger partial charge in [0.2, 0.25) is 10.0 Å². The fraction of sp³-hybridized carbons (Fsp3) is 0.350. The number of benzene rings is 2. The number of hydrogen-bond acceptors (Lipinski definition) is 5. The van der Waals surface area contributed by atoms with Crippen molar-refractivity contribution in [3.63, 3.8) is 0 Å². The largest absolute Gasteiger partial charge is 0.493 e. The molecule has 0 fully saturated rings. The summed E-state index contributed by atoms with van der Waals surface area (Å²) >= 11 is 0. The summed E-state index contributed by atoms with van der Waals surface area (Å²) in [6, 6.07) is 8.79. The molecule has 1 N–H and O–H groups in total. The van der Waals surface area contributed by atoms with Gasteiger partial charge in [0, 0.05) is 25.7 Å². The normalized spacial score (nSPS) is 11.4. The molecular weight excluding hydrogens is 418 g/mol. The van der Waals surface area contributed by atoms with Crippen LogP contribution in [0.4, 0.5) is 8.78 Å². The van der Waals surface area contributed by atoms with Gasteiger partial charge in [0.05, 0.1) is 12.0 Å². The zero-order valence-corrected chi connectivity index (χ0v) is 17.9. The summed E-state index contributed by atoms with van der Waals surface area (Å²) in [5, 5.41) is 0. The molecule has 0 spiro atoms. The van der Waals surface area contributed by atoms with Crippen molar-refractivity contribution in [3.05, 3.63) is 53.1 Å². The number of amides is 1. The summed E-state index contributed by atoms with van der Waals surface area (Å²) in [7, 11) is -0.848. The average Bonchev–Trinajstić information content (AvgIpc) is 2.67. The first kappa shape index (κ1) is 23.6. The lowest BCUT2D eigenvalue weighted by molar-refractivity contribution is -0.0512. The van der Waals surface area contributed by atoms with E-state index in [1.165, 1.54) is 43.3 Å². The molecule has 0 atom stereocenters. The second-order valence-electron chi connectivity index (χ2n) is 6.50.